The Morgan fingerprint density at radius 1 is 1.50 bits per heavy atom. The average Bonchev–Trinajstić information content (AvgIpc) is 2.81. The number of nitrogens with two attached hydrogens (primary N) is 1. The van der Waals surface area contributed by atoms with E-state index in [9.17, 15) is 4.39 Å². The first-order valence-corrected chi connectivity index (χ1v) is 4.49. The number of halogens is 1. The Balaban J connectivity index is 2.67. The number of rotatable bonds is 2. The van der Waals surface area contributed by atoms with E-state index in [0.29, 0.717) is 5.69 Å². The van der Waals surface area contributed by atoms with E-state index in [2.05, 4.69) is 10.1 Å². The Labute approximate surface area is 90.6 Å². The molecule has 1 heterocycles. The van der Waals surface area contributed by atoms with E-state index in [-0.39, 0.29) is 11.4 Å². The molecule has 6 heteroatoms. The summed E-state index contributed by atoms with van der Waals surface area (Å²) in [5.41, 5.74) is 5.94. The molecule has 0 fully saturated rings. The van der Waals surface area contributed by atoms with Crippen molar-refractivity contribution in [1.82, 2.24) is 9.55 Å². The molecule has 0 radical (unpaired) electrons. The van der Waals surface area contributed by atoms with E-state index in [0.717, 1.165) is 0 Å². The lowest BCUT2D eigenvalue weighted by atomic mass is 10.1. The molecule has 0 bridgehead atoms. The summed E-state index contributed by atoms with van der Waals surface area (Å²) in [6, 6.07) is 4.44. The standard InChI is InChI=1S/C10H9FN4O/c11-7-2-1-3-8(9(7)10(12)14-16)15-5-4-13-6-15/h1-6,16H,(H2,12,14). The van der Waals surface area contributed by atoms with Gasteiger partial charge in [-0.25, -0.2) is 9.37 Å². The summed E-state index contributed by atoms with van der Waals surface area (Å²) < 4.78 is 15.2. The van der Waals surface area contributed by atoms with Crippen molar-refractivity contribution in [2.45, 2.75) is 0 Å². The highest BCUT2D eigenvalue weighted by Gasteiger charge is 2.13. The second-order valence-corrected chi connectivity index (χ2v) is 3.09. The van der Waals surface area contributed by atoms with Crippen LogP contribution in [0.1, 0.15) is 5.56 Å². The first kappa shape index (κ1) is 10.2. The molecule has 0 saturated heterocycles. The van der Waals surface area contributed by atoms with Gasteiger partial charge in [0.25, 0.3) is 0 Å². The molecule has 0 saturated carbocycles. The Bertz CT molecular complexity index is 522. The zero-order valence-electron chi connectivity index (χ0n) is 8.21. The maximum Gasteiger partial charge on any atom is 0.175 e. The van der Waals surface area contributed by atoms with E-state index in [1.54, 1.807) is 29.1 Å². The smallest absolute Gasteiger partial charge is 0.175 e. The summed E-state index contributed by atoms with van der Waals surface area (Å²) in [5, 5.41) is 11.4. The quantitative estimate of drug-likeness (QED) is 0.344. The van der Waals surface area contributed by atoms with Crippen molar-refractivity contribution in [2.24, 2.45) is 10.9 Å². The van der Waals surface area contributed by atoms with Crippen LogP contribution in [0.3, 0.4) is 0 Å². The van der Waals surface area contributed by atoms with Crippen molar-refractivity contribution in [2.75, 3.05) is 0 Å². The molecular formula is C10H9FN4O. The topological polar surface area (TPSA) is 76.4 Å². The van der Waals surface area contributed by atoms with Gasteiger partial charge in [-0.15, -0.1) is 0 Å². The summed E-state index contributed by atoms with van der Waals surface area (Å²) in [6.07, 6.45) is 4.70. The van der Waals surface area contributed by atoms with Crippen molar-refractivity contribution < 1.29 is 9.60 Å². The number of hydrogen-bond acceptors (Lipinski definition) is 3. The molecule has 0 aliphatic rings. The summed E-state index contributed by atoms with van der Waals surface area (Å²) in [7, 11) is 0. The van der Waals surface area contributed by atoms with Gasteiger partial charge >= 0.3 is 0 Å². The third kappa shape index (κ3) is 1.60. The van der Waals surface area contributed by atoms with Gasteiger partial charge in [-0.05, 0) is 12.1 Å². The fourth-order valence-corrected chi connectivity index (χ4v) is 1.43. The second kappa shape index (κ2) is 4.01. The molecule has 1 aromatic carbocycles. The maximum atomic E-state index is 13.6. The predicted octanol–water partition coefficient (Wildman–Crippen LogP) is 1.11. The maximum absolute atomic E-state index is 13.6. The van der Waals surface area contributed by atoms with Crippen molar-refractivity contribution in [3.8, 4) is 5.69 Å². The van der Waals surface area contributed by atoms with Crippen LogP contribution in [0.5, 0.6) is 0 Å². The van der Waals surface area contributed by atoms with Crippen LogP contribution in [0, 0.1) is 5.82 Å². The predicted molar refractivity (Wildman–Crippen MR) is 56.0 cm³/mol. The number of oxime groups is 1. The molecule has 5 nitrogen and oxygen atoms in total. The van der Waals surface area contributed by atoms with Crippen LogP contribution in [-0.4, -0.2) is 20.6 Å². The first-order valence-electron chi connectivity index (χ1n) is 4.49. The van der Waals surface area contributed by atoms with Gasteiger partial charge in [-0.1, -0.05) is 11.2 Å². The van der Waals surface area contributed by atoms with Gasteiger partial charge in [0.2, 0.25) is 0 Å². The van der Waals surface area contributed by atoms with Gasteiger partial charge in [-0.2, -0.15) is 0 Å². The van der Waals surface area contributed by atoms with E-state index < -0.39 is 5.82 Å². The summed E-state index contributed by atoms with van der Waals surface area (Å²) in [6.45, 7) is 0. The summed E-state index contributed by atoms with van der Waals surface area (Å²) in [4.78, 5) is 3.85. The molecule has 2 aromatic rings. The Kier molecular flexibility index (Phi) is 2.55. The molecule has 0 aliphatic heterocycles. The zero-order valence-corrected chi connectivity index (χ0v) is 8.21. The van der Waals surface area contributed by atoms with Crippen molar-refractivity contribution in [3.05, 3.63) is 48.3 Å². The van der Waals surface area contributed by atoms with E-state index in [1.807, 2.05) is 0 Å². The number of nitrogens with zero attached hydrogens (tertiary/aromatic N) is 3. The molecule has 0 amide bonds. The lowest BCUT2D eigenvalue weighted by Crippen LogP contribution is -2.18. The van der Waals surface area contributed by atoms with Gasteiger partial charge in [-0.3, -0.25) is 0 Å². The fourth-order valence-electron chi connectivity index (χ4n) is 1.43. The van der Waals surface area contributed by atoms with Crippen LogP contribution < -0.4 is 5.73 Å². The molecule has 0 aliphatic carbocycles. The molecule has 3 N–H and O–H groups in total. The number of benzene rings is 1. The third-order valence-corrected chi connectivity index (χ3v) is 2.14. The van der Waals surface area contributed by atoms with Crippen molar-refractivity contribution in [3.63, 3.8) is 0 Å². The fraction of sp³-hybridized carbons (Fsp3) is 0. The number of amidine groups is 1. The lowest BCUT2D eigenvalue weighted by Gasteiger charge is -2.09. The van der Waals surface area contributed by atoms with Crippen LogP contribution in [0.2, 0.25) is 0 Å². The Morgan fingerprint density at radius 3 is 2.94 bits per heavy atom. The third-order valence-electron chi connectivity index (χ3n) is 2.14. The molecule has 1 aromatic heterocycles. The molecule has 82 valence electrons. The van der Waals surface area contributed by atoms with E-state index in [1.165, 1.54) is 12.4 Å². The van der Waals surface area contributed by atoms with E-state index in [4.69, 9.17) is 10.9 Å². The summed E-state index contributed by atoms with van der Waals surface area (Å²) in [5.74, 6) is -0.830. The van der Waals surface area contributed by atoms with Crippen LogP contribution in [0.4, 0.5) is 4.39 Å². The Hall–Kier alpha value is -2.37. The van der Waals surface area contributed by atoms with Crippen molar-refractivity contribution in [1.29, 1.82) is 0 Å². The number of aromatic nitrogens is 2. The Morgan fingerprint density at radius 2 is 2.31 bits per heavy atom. The largest absolute Gasteiger partial charge is 0.409 e. The van der Waals surface area contributed by atoms with Crippen LogP contribution >= 0.6 is 0 Å². The highest BCUT2D eigenvalue weighted by Crippen LogP contribution is 2.17. The molecule has 16 heavy (non-hydrogen) atoms. The normalized spacial score (nSPS) is 11.7. The number of hydrogen-bond donors (Lipinski definition) is 2. The summed E-state index contributed by atoms with van der Waals surface area (Å²) >= 11 is 0. The minimum atomic E-state index is -0.554. The van der Waals surface area contributed by atoms with Crippen LogP contribution in [-0.2, 0) is 0 Å². The lowest BCUT2D eigenvalue weighted by molar-refractivity contribution is 0.318. The average molecular weight is 220 g/mol. The van der Waals surface area contributed by atoms with Gasteiger partial charge in [0, 0.05) is 12.4 Å². The molecule has 2 rings (SSSR count). The van der Waals surface area contributed by atoms with E-state index >= 15 is 0 Å². The minimum Gasteiger partial charge on any atom is -0.409 e. The molecule has 0 unspecified atom stereocenters. The van der Waals surface area contributed by atoms with Gasteiger partial charge in [0.1, 0.15) is 5.82 Å². The first-order chi connectivity index (χ1) is 7.74. The van der Waals surface area contributed by atoms with Crippen LogP contribution in [0.15, 0.2) is 42.1 Å². The molecular weight excluding hydrogens is 211 g/mol. The minimum absolute atomic E-state index is 0.0444. The molecule has 0 atom stereocenters. The van der Waals surface area contributed by atoms with Gasteiger partial charge in [0.15, 0.2) is 5.84 Å². The van der Waals surface area contributed by atoms with Crippen molar-refractivity contribution >= 4 is 5.84 Å². The highest BCUT2D eigenvalue weighted by molar-refractivity contribution is 6.00. The van der Waals surface area contributed by atoms with Gasteiger partial charge < -0.3 is 15.5 Å². The number of imidazole rings is 1. The second-order valence-electron chi connectivity index (χ2n) is 3.09. The van der Waals surface area contributed by atoms with Crippen LogP contribution in [0.25, 0.3) is 5.69 Å². The highest BCUT2D eigenvalue weighted by atomic mass is 19.1. The zero-order chi connectivity index (χ0) is 11.5. The SMILES string of the molecule is NC(=NO)c1c(F)cccc1-n1ccnc1. The monoisotopic (exact) mass is 220 g/mol. The van der Waals surface area contributed by atoms with Gasteiger partial charge in [0.05, 0.1) is 17.6 Å². The molecule has 0 spiro atoms.